The lowest BCUT2D eigenvalue weighted by Gasteiger charge is -2.07. The molecule has 1 heterocycles. The third-order valence-corrected chi connectivity index (χ3v) is 3.81. The minimum absolute atomic E-state index is 0.0578. The van der Waals surface area contributed by atoms with E-state index in [1.807, 2.05) is 31.3 Å². The van der Waals surface area contributed by atoms with Crippen molar-refractivity contribution >= 4 is 23.3 Å². The lowest BCUT2D eigenvalue weighted by molar-refractivity contribution is -0.117. The Morgan fingerprint density at radius 3 is 2.45 bits per heavy atom. The van der Waals surface area contributed by atoms with Crippen LogP contribution in [0.25, 0.3) is 11.1 Å². The molecule has 1 aliphatic rings. The van der Waals surface area contributed by atoms with Crippen LogP contribution in [0.15, 0.2) is 30.5 Å². The molecule has 1 aliphatic carbocycles. The Labute approximate surface area is 128 Å². The summed E-state index contributed by atoms with van der Waals surface area (Å²) < 4.78 is 0. The average molecular weight is 298 g/mol. The lowest BCUT2D eigenvalue weighted by Crippen LogP contribution is -2.19. The molecule has 0 aliphatic heterocycles. The van der Waals surface area contributed by atoms with Gasteiger partial charge >= 0.3 is 0 Å². The van der Waals surface area contributed by atoms with E-state index in [0.29, 0.717) is 16.9 Å². The summed E-state index contributed by atoms with van der Waals surface area (Å²) in [5.74, 6) is -0.207. The van der Waals surface area contributed by atoms with Gasteiger partial charge in [0.1, 0.15) is 5.82 Å². The molecule has 22 heavy (non-hydrogen) atoms. The molecule has 6 heteroatoms. The van der Waals surface area contributed by atoms with Crippen LogP contribution >= 0.6 is 0 Å². The smallest absolute Gasteiger partial charge is 0.253 e. The number of carbonyl (C=O) groups excluding carboxylic acids is 2. The average Bonchev–Trinajstić information content (AvgIpc) is 3.28. The molecular formula is C16H18N4O2. The predicted octanol–water partition coefficient (Wildman–Crippen LogP) is 2.17. The Morgan fingerprint density at radius 1 is 1.23 bits per heavy atom. The minimum Gasteiger partial charge on any atom is -0.388 e. The molecule has 1 aromatic carbocycles. The van der Waals surface area contributed by atoms with Gasteiger partial charge in [-0.3, -0.25) is 9.59 Å². The Hall–Kier alpha value is -2.76. The van der Waals surface area contributed by atoms with Crippen molar-refractivity contribution in [3.05, 3.63) is 36.0 Å². The van der Waals surface area contributed by atoms with Gasteiger partial charge in [-0.1, -0.05) is 12.1 Å². The number of aromatic amines is 1. The lowest BCUT2D eigenvalue weighted by atomic mass is 10.0. The van der Waals surface area contributed by atoms with Gasteiger partial charge in [0.2, 0.25) is 5.91 Å². The van der Waals surface area contributed by atoms with Crippen molar-refractivity contribution in [2.45, 2.75) is 12.8 Å². The zero-order valence-electron chi connectivity index (χ0n) is 12.3. The summed E-state index contributed by atoms with van der Waals surface area (Å²) in [6.45, 7) is 0. The van der Waals surface area contributed by atoms with Crippen LogP contribution in [0, 0.1) is 5.92 Å². The Kier molecular flexibility index (Phi) is 3.58. The highest BCUT2D eigenvalue weighted by Crippen LogP contribution is 2.33. The number of benzene rings is 1. The molecule has 1 saturated carbocycles. The monoisotopic (exact) mass is 298 g/mol. The zero-order valence-corrected chi connectivity index (χ0v) is 12.3. The van der Waals surface area contributed by atoms with E-state index in [1.54, 1.807) is 6.20 Å². The fourth-order valence-corrected chi connectivity index (χ4v) is 2.39. The molecule has 0 bridgehead atoms. The van der Waals surface area contributed by atoms with Crippen LogP contribution in [0.4, 0.5) is 11.5 Å². The molecule has 0 spiro atoms. The molecule has 2 amide bonds. The number of anilines is 2. The van der Waals surface area contributed by atoms with E-state index in [1.165, 1.54) is 0 Å². The summed E-state index contributed by atoms with van der Waals surface area (Å²) in [5.41, 5.74) is 8.32. The summed E-state index contributed by atoms with van der Waals surface area (Å²) in [4.78, 5) is 26.6. The summed E-state index contributed by atoms with van der Waals surface area (Å²) >= 11 is 0. The molecule has 5 N–H and O–H groups in total. The van der Waals surface area contributed by atoms with Crippen LogP contribution in [0.5, 0.6) is 0 Å². The first-order valence-electron chi connectivity index (χ1n) is 7.20. The van der Waals surface area contributed by atoms with Gasteiger partial charge in [-0.25, -0.2) is 0 Å². The first kappa shape index (κ1) is 14.2. The molecular weight excluding hydrogens is 280 g/mol. The second kappa shape index (κ2) is 5.55. The molecule has 114 valence electrons. The van der Waals surface area contributed by atoms with Crippen molar-refractivity contribution in [1.29, 1.82) is 0 Å². The van der Waals surface area contributed by atoms with Gasteiger partial charge in [-0.05, 0) is 30.5 Å². The number of H-pyrrole nitrogens is 1. The summed E-state index contributed by atoms with van der Waals surface area (Å²) in [5, 5.41) is 5.80. The van der Waals surface area contributed by atoms with Crippen LogP contribution in [0.3, 0.4) is 0 Å². The molecule has 2 aromatic rings. The predicted molar refractivity (Wildman–Crippen MR) is 85.6 cm³/mol. The fraction of sp³-hybridized carbons (Fsp3) is 0.250. The van der Waals surface area contributed by atoms with E-state index in [-0.39, 0.29) is 11.8 Å². The quantitative estimate of drug-likeness (QED) is 0.680. The molecule has 0 radical (unpaired) electrons. The van der Waals surface area contributed by atoms with Gasteiger partial charge in [0.05, 0.1) is 5.56 Å². The van der Waals surface area contributed by atoms with Crippen molar-refractivity contribution in [3.63, 3.8) is 0 Å². The molecule has 6 nitrogen and oxygen atoms in total. The SMILES string of the molecule is CNc1ccc(-c2c[nH]c(NC(=O)C3CC3)c2C(N)=O)cc1. The van der Waals surface area contributed by atoms with Crippen LogP contribution in [0.1, 0.15) is 23.2 Å². The third-order valence-electron chi connectivity index (χ3n) is 3.81. The number of primary amides is 1. The van der Waals surface area contributed by atoms with Gasteiger partial charge in [0.25, 0.3) is 5.91 Å². The van der Waals surface area contributed by atoms with E-state index in [9.17, 15) is 9.59 Å². The van der Waals surface area contributed by atoms with Crippen molar-refractivity contribution in [2.24, 2.45) is 11.7 Å². The summed E-state index contributed by atoms with van der Waals surface area (Å²) in [7, 11) is 1.84. The maximum atomic E-state index is 11.9. The number of hydrogen-bond acceptors (Lipinski definition) is 3. The first-order chi connectivity index (χ1) is 10.6. The van der Waals surface area contributed by atoms with Crippen molar-refractivity contribution in [3.8, 4) is 11.1 Å². The summed E-state index contributed by atoms with van der Waals surface area (Å²) in [6.07, 6.45) is 3.49. The van der Waals surface area contributed by atoms with Crippen LogP contribution in [-0.4, -0.2) is 23.8 Å². The second-order valence-electron chi connectivity index (χ2n) is 5.41. The van der Waals surface area contributed by atoms with Gasteiger partial charge in [-0.15, -0.1) is 0 Å². The van der Waals surface area contributed by atoms with Crippen LogP contribution < -0.4 is 16.4 Å². The number of rotatable bonds is 5. The highest BCUT2D eigenvalue weighted by Gasteiger charge is 2.31. The van der Waals surface area contributed by atoms with Crippen molar-refractivity contribution in [1.82, 2.24) is 4.98 Å². The van der Waals surface area contributed by atoms with Crippen LogP contribution in [0.2, 0.25) is 0 Å². The minimum atomic E-state index is -0.569. The van der Waals surface area contributed by atoms with E-state index in [4.69, 9.17) is 5.73 Å². The Morgan fingerprint density at radius 2 is 1.91 bits per heavy atom. The first-order valence-corrected chi connectivity index (χ1v) is 7.20. The molecule has 1 fully saturated rings. The van der Waals surface area contributed by atoms with Gasteiger partial charge in [-0.2, -0.15) is 0 Å². The number of aromatic nitrogens is 1. The third kappa shape index (κ3) is 2.67. The van der Waals surface area contributed by atoms with Gasteiger partial charge < -0.3 is 21.4 Å². The molecule has 0 saturated heterocycles. The summed E-state index contributed by atoms with van der Waals surface area (Å²) in [6, 6.07) is 7.62. The van der Waals surface area contributed by atoms with E-state index in [0.717, 1.165) is 24.1 Å². The number of carbonyl (C=O) groups is 2. The number of hydrogen-bond donors (Lipinski definition) is 4. The van der Waals surface area contributed by atoms with Gasteiger partial charge in [0.15, 0.2) is 0 Å². The molecule has 0 unspecified atom stereocenters. The number of amides is 2. The van der Waals surface area contributed by atoms with E-state index < -0.39 is 5.91 Å². The highest BCUT2D eigenvalue weighted by atomic mass is 16.2. The largest absolute Gasteiger partial charge is 0.388 e. The van der Waals surface area contributed by atoms with Crippen molar-refractivity contribution < 1.29 is 9.59 Å². The van der Waals surface area contributed by atoms with Gasteiger partial charge in [0, 0.05) is 30.4 Å². The highest BCUT2D eigenvalue weighted by molar-refractivity contribution is 6.08. The molecule has 1 aromatic heterocycles. The maximum Gasteiger partial charge on any atom is 0.253 e. The zero-order chi connectivity index (χ0) is 15.7. The maximum absolute atomic E-state index is 11.9. The van der Waals surface area contributed by atoms with E-state index in [2.05, 4.69) is 15.6 Å². The molecule has 3 rings (SSSR count). The Balaban J connectivity index is 1.94. The second-order valence-corrected chi connectivity index (χ2v) is 5.41. The fourth-order valence-electron chi connectivity index (χ4n) is 2.39. The van der Waals surface area contributed by atoms with Crippen molar-refractivity contribution in [2.75, 3.05) is 17.7 Å². The standard InChI is InChI=1S/C16H18N4O2/c1-18-11-6-4-9(5-7-11)12-8-19-15(13(12)14(17)21)20-16(22)10-2-3-10/h4-8,10,18-19H,2-3H2,1H3,(H2,17,21)(H,20,22). The molecule has 0 atom stereocenters. The van der Waals surface area contributed by atoms with Crippen LogP contribution in [-0.2, 0) is 4.79 Å². The topological polar surface area (TPSA) is 100 Å². The normalized spacial score (nSPS) is 13.7. The Bertz CT molecular complexity index is 714. The number of nitrogens with one attached hydrogen (secondary N) is 3. The number of nitrogens with two attached hydrogens (primary N) is 1. The van der Waals surface area contributed by atoms with E-state index >= 15 is 0 Å².